The number of carbonyl (C=O) groups is 2. The normalized spacial score (nSPS) is 10.2. The van der Waals surface area contributed by atoms with Crippen LogP contribution in [0.5, 0.6) is 0 Å². The highest BCUT2D eigenvalue weighted by Gasteiger charge is 2.16. The van der Waals surface area contributed by atoms with E-state index in [1.54, 1.807) is 32.4 Å². The van der Waals surface area contributed by atoms with Gasteiger partial charge >= 0.3 is 5.97 Å². The van der Waals surface area contributed by atoms with E-state index < -0.39 is 5.97 Å². The lowest BCUT2D eigenvalue weighted by Gasteiger charge is -2.17. The molecule has 108 valence electrons. The van der Waals surface area contributed by atoms with Crippen LogP contribution in [0.3, 0.4) is 0 Å². The predicted molar refractivity (Wildman–Crippen MR) is 76.0 cm³/mol. The highest BCUT2D eigenvalue weighted by molar-refractivity contribution is 5.94. The molecule has 6 heteroatoms. The summed E-state index contributed by atoms with van der Waals surface area (Å²) in [4.78, 5) is 32.8. The van der Waals surface area contributed by atoms with Crippen LogP contribution in [-0.2, 0) is 6.54 Å². The van der Waals surface area contributed by atoms with Crippen molar-refractivity contribution in [3.63, 3.8) is 0 Å². The van der Waals surface area contributed by atoms with Crippen LogP contribution in [0.15, 0.2) is 36.7 Å². The number of carbonyl (C=O) groups excluding carboxylic acids is 1. The summed E-state index contributed by atoms with van der Waals surface area (Å²) < 4.78 is 0. The quantitative estimate of drug-likeness (QED) is 0.925. The van der Waals surface area contributed by atoms with E-state index >= 15 is 0 Å². The highest BCUT2D eigenvalue weighted by Crippen LogP contribution is 2.10. The van der Waals surface area contributed by atoms with Gasteiger partial charge in [0.25, 0.3) is 5.91 Å². The molecule has 0 saturated carbocycles. The smallest absolute Gasteiger partial charge is 0.337 e. The maximum Gasteiger partial charge on any atom is 0.337 e. The predicted octanol–water partition coefficient (Wildman–Crippen LogP) is 1.76. The molecule has 0 aromatic carbocycles. The van der Waals surface area contributed by atoms with Gasteiger partial charge in [-0.1, -0.05) is 6.07 Å². The minimum atomic E-state index is -1.05. The molecule has 1 amide bonds. The van der Waals surface area contributed by atoms with Crippen LogP contribution < -0.4 is 0 Å². The summed E-state index contributed by atoms with van der Waals surface area (Å²) >= 11 is 0. The van der Waals surface area contributed by atoms with Crippen LogP contribution in [0.25, 0.3) is 0 Å². The van der Waals surface area contributed by atoms with E-state index in [1.165, 1.54) is 17.0 Å². The Hall–Kier alpha value is -2.76. The SMILES string of the molecule is Cc1nc(C(=O)N(C)Cc2cccnc2)ccc1C(=O)O. The third-order valence-corrected chi connectivity index (χ3v) is 3.02. The van der Waals surface area contributed by atoms with E-state index in [4.69, 9.17) is 5.11 Å². The first-order chi connectivity index (χ1) is 9.99. The summed E-state index contributed by atoms with van der Waals surface area (Å²) in [5.41, 5.74) is 1.56. The number of hydrogen-bond acceptors (Lipinski definition) is 4. The van der Waals surface area contributed by atoms with Crippen LogP contribution in [0, 0.1) is 6.92 Å². The maximum atomic E-state index is 12.3. The Bertz CT molecular complexity index is 671. The van der Waals surface area contributed by atoms with Crippen molar-refractivity contribution in [1.82, 2.24) is 14.9 Å². The van der Waals surface area contributed by atoms with Crippen molar-refractivity contribution in [3.05, 3.63) is 59.2 Å². The molecule has 0 unspecified atom stereocenters. The Kier molecular flexibility index (Phi) is 4.27. The molecule has 0 fully saturated rings. The van der Waals surface area contributed by atoms with Crippen LogP contribution in [0.1, 0.15) is 32.1 Å². The Labute approximate surface area is 122 Å². The number of amides is 1. The van der Waals surface area contributed by atoms with Gasteiger partial charge in [-0.2, -0.15) is 0 Å². The summed E-state index contributed by atoms with van der Waals surface area (Å²) in [7, 11) is 1.66. The van der Waals surface area contributed by atoms with Crippen molar-refractivity contribution in [2.24, 2.45) is 0 Å². The van der Waals surface area contributed by atoms with Gasteiger partial charge in [-0.3, -0.25) is 9.78 Å². The van der Waals surface area contributed by atoms with Crippen molar-refractivity contribution in [2.45, 2.75) is 13.5 Å². The topological polar surface area (TPSA) is 83.4 Å². The third kappa shape index (κ3) is 3.42. The fraction of sp³-hybridized carbons (Fsp3) is 0.200. The van der Waals surface area contributed by atoms with E-state index in [0.717, 1.165) is 5.56 Å². The number of rotatable bonds is 4. The first-order valence-electron chi connectivity index (χ1n) is 6.34. The summed E-state index contributed by atoms with van der Waals surface area (Å²) in [5, 5.41) is 8.96. The monoisotopic (exact) mass is 285 g/mol. The van der Waals surface area contributed by atoms with E-state index in [2.05, 4.69) is 9.97 Å². The zero-order valence-electron chi connectivity index (χ0n) is 11.8. The first kappa shape index (κ1) is 14.6. The average Bonchev–Trinajstić information content (AvgIpc) is 2.47. The first-order valence-corrected chi connectivity index (χ1v) is 6.34. The molecule has 2 heterocycles. The maximum absolute atomic E-state index is 12.3. The van der Waals surface area contributed by atoms with Crippen molar-refractivity contribution < 1.29 is 14.7 Å². The molecular weight excluding hydrogens is 270 g/mol. The zero-order chi connectivity index (χ0) is 15.4. The molecule has 0 bridgehead atoms. The molecule has 0 atom stereocenters. The van der Waals surface area contributed by atoms with E-state index in [1.807, 2.05) is 6.07 Å². The summed E-state index contributed by atoms with van der Waals surface area (Å²) in [6.07, 6.45) is 3.36. The molecule has 2 aromatic heterocycles. The highest BCUT2D eigenvalue weighted by atomic mass is 16.4. The second-order valence-corrected chi connectivity index (χ2v) is 4.66. The molecule has 1 N–H and O–H groups in total. The van der Waals surface area contributed by atoms with Gasteiger partial charge in [-0.25, -0.2) is 9.78 Å². The number of aryl methyl sites for hydroxylation is 1. The van der Waals surface area contributed by atoms with Crippen LogP contribution in [-0.4, -0.2) is 38.9 Å². The molecular formula is C15H15N3O3. The van der Waals surface area contributed by atoms with Crippen molar-refractivity contribution in [1.29, 1.82) is 0 Å². The van der Waals surface area contributed by atoms with Crippen molar-refractivity contribution in [2.75, 3.05) is 7.05 Å². The molecule has 0 radical (unpaired) electrons. The second kappa shape index (κ2) is 6.13. The lowest BCUT2D eigenvalue weighted by atomic mass is 10.1. The van der Waals surface area contributed by atoms with Crippen molar-refractivity contribution in [3.8, 4) is 0 Å². The van der Waals surface area contributed by atoms with Gasteiger partial charge in [0.1, 0.15) is 5.69 Å². The Morgan fingerprint density at radius 3 is 2.62 bits per heavy atom. The van der Waals surface area contributed by atoms with Gasteiger partial charge in [-0.15, -0.1) is 0 Å². The van der Waals surface area contributed by atoms with E-state index in [0.29, 0.717) is 12.2 Å². The number of pyridine rings is 2. The van der Waals surface area contributed by atoms with Gasteiger partial charge in [0.2, 0.25) is 0 Å². The largest absolute Gasteiger partial charge is 0.478 e. The molecule has 2 rings (SSSR count). The Balaban J connectivity index is 2.16. The van der Waals surface area contributed by atoms with Gasteiger partial charge in [-0.05, 0) is 30.7 Å². The third-order valence-electron chi connectivity index (χ3n) is 3.02. The molecule has 0 aliphatic heterocycles. The number of carboxylic acids is 1. The Morgan fingerprint density at radius 2 is 2.05 bits per heavy atom. The number of hydrogen-bond donors (Lipinski definition) is 1. The molecule has 0 aliphatic rings. The lowest BCUT2D eigenvalue weighted by molar-refractivity contribution is 0.0693. The van der Waals surface area contributed by atoms with Gasteiger partial charge in [0.15, 0.2) is 0 Å². The zero-order valence-corrected chi connectivity index (χ0v) is 11.8. The molecule has 21 heavy (non-hydrogen) atoms. The summed E-state index contributed by atoms with van der Waals surface area (Å²) in [5.74, 6) is -1.32. The molecule has 2 aromatic rings. The minimum Gasteiger partial charge on any atom is -0.478 e. The molecule has 0 saturated heterocycles. The van der Waals surface area contributed by atoms with Gasteiger partial charge in [0, 0.05) is 26.0 Å². The van der Waals surface area contributed by atoms with Gasteiger partial charge < -0.3 is 10.0 Å². The van der Waals surface area contributed by atoms with E-state index in [9.17, 15) is 9.59 Å². The molecule has 0 spiro atoms. The standard InChI is InChI=1S/C15H15N3O3/c1-10-12(15(20)21)5-6-13(17-10)14(19)18(2)9-11-4-3-7-16-8-11/h3-8H,9H2,1-2H3,(H,20,21). The summed E-state index contributed by atoms with van der Waals surface area (Å²) in [6.45, 7) is 1.98. The number of aromatic carboxylic acids is 1. The fourth-order valence-electron chi connectivity index (χ4n) is 1.94. The number of carboxylic acid groups (broad SMARTS) is 1. The Morgan fingerprint density at radius 1 is 1.29 bits per heavy atom. The van der Waals surface area contributed by atoms with Gasteiger partial charge in [0.05, 0.1) is 11.3 Å². The minimum absolute atomic E-state index is 0.0986. The number of nitrogens with zero attached hydrogens (tertiary/aromatic N) is 3. The van der Waals surface area contributed by atoms with Crippen LogP contribution in [0.2, 0.25) is 0 Å². The van der Waals surface area contributed by atoms with Crippen LogP contribution >= 0.6 is 0 Å². The van der Waals surface area contributed by atoms with Crippen molar-refractivity contribution >= 4 is 11.9 Å². The van der Waals surface area contributed by atoms with Crippen LogP contribution in [0.4, 0.5) is 0 Å². The average molecular weight is 285 g/mol. The lowest BCUT2D eigenvalue weighted by Crippen LogP contribution is -2.27. The second-order valence-electron chi connectivity index (χ2n) is 4.66. The summed E-state index contributed by atoms with van der Waals surface area (Å²) in [6, 6.07) is 6.51. The molecule has 0 aliphatic carbocycles. The fourth-order valence-corrected chi connectivity index (χ4v) is 1.94. The van der Waals surface area contributed by atoms with E-state index in [-0.39, 0.29) is 17.2 Å². The number of aromatic nitrogens is 2. The molecule has 6 nitrogen and oxygen atoms in total.